The Bertz CT molecular complexity index is 1650. The van der Waals surface area contributed by atoms with Gasteiger partial charge in [-0.3, -0.25) is 14.2 Å². The third-order valence-electron chi connectivity index (χ3n) is 5.48. The van der Waals surface area contributed by atoms with Crippen LogP contribution in [0, 0.1) is 6.92 Å². The molecule has 0 aliphatic heterocycles. The Hall–Kier alpha value is -4.35. The van der Waals surface area contributed by atoms with Crippen molar-refractivity contribution < 1.29 is 26.4 Å². The molecule has 38 heavy (non-hydrogen) atoms. The van der Waals surface area contributed by atoms with Crippen LogP contribution in [0.2, 0.25) is 0 Å². The van der Waals surface area contributed by atoms with Gasteiger partial charge in [-0.25, -0.2) is 16.8 Å². The third-order valence-corrected chi connectivity index (χ3v) is 8.25. The second-order valence-corrected chi connectivity index (χ2v) is 11.7. The summed E-state index contributed by atoms with van der Waals surface area (Å²) in [5, 5.41) is 2.64. The van der Waals surface area contributed by atoms with Gasteiger partial charge in [0.25, 0.3) is 26.0 Å². The number of anilines is 3. The Morgan fingerprint density at radius 3 is 1.79 bits per heavy atom. The van der Waals surface area contributed by atoms with Crippen molar-refractivity contribution in [1.82, 2.24) is 0 Å². The number of methoxy groups -OCH3 is 1. The van der Waals surface area contributed by atoms with Crippen molar-refractivity contribution >= 4 is 43.0 Å². The van der Waals surface area contributed by atoms with Gasteiger partial charge in [-0.1, -0.05) is 23.8 Å². The third kappa shape index (κ3) is 6.50. The highest BCUT2D eigenvalue weighted by molar-refractivity contribution is 7.93. The number of amides is 1. The van der Waals surface area contributed by atoms with E-state index < -0.39 is 26.0 Å². The minimum atomic E-state index is -3.92. The molecule has 0 saturated heterocycles. The Kier molecular flexibility index (Phi) is 7.70. The fraction of sp³-hybridized carbons (Fsp3) is 0.0741. The maximum absolute atomic E-state index is 12.8. The second kappa shape index (κ2) is 11.0. The molecule has 0 aliphatic rings. The van der Waals surface area contributed by atoms with Gasteiger partial charge in [0.2, 0.25) is 0 Å². The lowest BCUT2D eigenvalue weighted by molar-refractivity contribution is 0.102. The van der Waals surface area contributed by atoms with Crippen LogP contribution in [0.25, 0.3) is 0 Å². The van der Waals surface area contributed by atoms with E-state index in [-0.39, 0.29) is 21.0 Å². The lowest BCUT2D eigenvalue weighted by Crippen LogP contribution is -2.16. The number of rotatable bonds is 9. The predicted octanol–water partition coefficient (Wildman–Crippen LogP) is 4.86. The highest BCUT2D eigenvalue weighted by atomic mass is 32.2. The summed E-state index contributed by atoms with van der Waals surface area (Å²) in [6, 6.07) is 24.5. The normalized spacial score (nSPS) is 11.4. The molecule has 0 fully saturated rings. The Morgan fingerprint density at radius 2 is 1.21 bits per heavy atom. The molecule has 0 heterocycles. The lowest BCUT2D eigenvalue weighted by atomic mass is 10.2. The minimum absolute atomic E-state index is 0.00711. The number of hydrogen-bond acceptors (Lipinski definition) is 6. The zero-order chi connectivity index (χ0) is 27.3. The smallest absolute Gasteiger partial charge is 0.261 e. The second-order valence-electron chi connectivity index (χ2n) is 8.31. The van der Waals surface area contributed by atoms with E-state index in [1.165, 1.54) is 49.6 Å². The van der Waals surface area contributed by atoms with Crippen molar-refractivity contribution in [2.75, 3.05) is 21.9 Å². The van der Waals surface area contributed by atoms with Crippen LogP contribution >= 0.6 is 0 Å². The van der Waals surface area contributed by atoms with Crippen molar-refractivity contribution in [2.24, 2.45) is 0 Å². The number of carbonyl (C=O) groups excluding carboxylic acids is 1. The molecule has 0 aliphatic carbocycles. The monoisotopic (exact) mass is 551 g/mol. The molecule has 0 spiro atoms. The number of ether oxygens (including phenoxy) is 1. The lowest BCUT2D eigenvalue weighted by Gasteiger charge is -2.11. The van der Waals surface area contributed by atoms with E-state index in [4.69, 9.17) is 4.74 Å². The van der Waals surface area contributed by atoms with Crippen LogP contribution in [0.1, 0.15) is 15.9 Å². The molecular weight excluding hydrogens is 526 g/mol. The summed E-state index contributed by atoms with van der Waals surface area (Å²) >= 11 is 0. The van der Waals surface area contributed by atoms with E-state index in [1.54, 1.807) is 54.6 Å². The number of sulfonamides is 2. The minimum Gasteiger partial charge on any atom is -0.497 e. The molecule has 0 unspecified atom stereocenters. The van der Waals surface area contributed by atoms with E-state index in [2.05, 4.69) is 14.8 Å². The summed E-state index contributed by atoms with van der Waals surface area (Å²) in [6.45, 7) is 1.90. The van der Waals surface area contributed by atoms with Gasteiger partial charge in [0.1, 0.15) is 5.75 Å². The highest BCUT2D eigenvalue weighted by Crippen LogP contribution is 2.22. The van der Waals surface area contributed by atoms with Gasteiger partial charge in [0.15, 0.2) is 0 Å². The molecule has 4 aromatic rings. The first kappa shape index (κ1) is 26.7. The van der Waals surface area contributed by atoms with E-state index in [0.717, 1.165) is 5.56 Å². The van der Waals surface area contributed by atoms with Gasteiger partial charge in [-0.05, 0) is 85.8 Å². The summed E-state index contributed by atoms with van der Waals surface area (Å²) in [6.07, 6.45) is 0. The van der Waals surface area contributed by atoms with Gasteiger partial charge < -0.3 is 10.1 Å². The fourth-order valence-corrected chi connectivity index (χ4v) is 5.60. The SMILES string of the molecule is COc1ccc(NS(=O)(=O)c2cccc(NC(=O)c3ccc(S(=O)(=O)Nc4ccc(C)cc4)cc3)c2)cc1. The molecule has 0 saturated carbocycles. The number of aryl methyl sites for hydroxylation is 1. The molecular formula is C27H25N3O6S2. The first-order valence-electron chi connectivity index (χ1n) is 11.3. The summed E-state index contributed by atoms with van der Waals surface area (Å²) in [5.74, 6) is 0.0592. The van der Waals surface area contributed by atoms with Crippen molar-refractivity contribution in [1.29, 1.82) is 0 Å². The van der Waals surface area contributed by atoms with Gasteiger partial charge in [0.05, 0.1) is 16.9 Å². The summed E-state index contributed by atoms with van der Waals surface area (Å²) in [4.78, 5) is 12.7. The van der Waals surface area contributed by atoms with Crippen LogP contribution in [0.15, 0.2) is 107 Å². The number of nitrogens with one attached hydrogen (secondary N) is 3. The average Bonchev–Trinajstić information content (AvgIpc) is 2.90. The topological polar surface area (TPSA) is 131 Å². The molecule has 0 radical (unpaired) electrons. The standard InChI is InChI=1S/C27H25N3O6S2/c1-19-6-10-21(11-7-19)29-37(32,33)25-16-8-20(9-17-25)27(31)28-23-4-3-5-26(18-23)38(34,35)30-22-12-14-24(36-2)15-13-22/h3-18,29-30H,1-2H3,(H,28,31). The Labute approximate surface area is 221 Å². The van der Waals surface area contributed by atoms with Gasteiger partial charge in [-0.2, -0.15) is 0 Å². The summed E-state index contributed by atoms with van der Waals surface area (Å²) in [5.41, 5.74) is 2.23. The Morgan fingerprint density at radius 1 is 0.658 bits per heavy atom. The summed E-state index contributed by atoms with van der Waals surface area (Å²) < 4.78 is 61.0. The number of hydrogen-bond donors (Lipinski definition) is 3. The van der Waals surface area contributed by atoms with Gasteiger partial charge in [-0.15, -0.1) is 0 Å². The van der Waals surface area contributed by atoms with Gasteiger partial charge in [0, 0.05) is 22.6 Å². The molecule has 4 rings (SSSR count). The van der Waals surface area contributed by atoms with Crippen LogP contribution in [-0.2, 0) is 20.0 Å². The largest absolute Gasteiger partial charge is 0.497 e. The zero-order valence-corrected chi connectivity index (χ0v) is 22.1. The van der Waals surface area contributed by atoms with Crippen molar-refractivity contribution in [2.45, 2.75) is 16.7 Å². The van der Waals surface area contributed by atoms with Crippen LogP contribution in [0.5, 0.6) is 5.75 Å². The summed E-state index contributed by atoms with van der Waals surface area (Å²) in [7, 11) is -6.25. The number of carbonyl (C=O) groups is 1. The molecule has 9 nitrogen and oxygen atoms in total. The van der Waals surface area contributed by atoms with Crippen molar-refractivity contribution in [3.05, 3.63) is 108 Å². The molecule has 3 N–H and O–H groups in total. The molecule has 11 heteroatoms. The maximum Gasteiger partial charge on any atom is 0.261 e. The van der Waals surface area contributed by atoms with Crippen molar-refractivity contribution in [3.63, 3.8) is 0 Å². The van der Waals surface area contributed by atoms with Crippen LogP contribution in [-0.4, -0.2) is 29.9 Å². The quantitative estimate of drug-likeness (QED) is 0.272. The van der Waals surface area contributed by atoms with E-state index in [1.807, 2.05) is 6.92 Å². The fourth-order valence-electron chi connectivity index (χ4n) is 3.44. The van der Waals surface area contributed by atoms with E-state index in [0.29, 0.717) is 17.1 Å². The Balaban J connectivity index is 1.45. The molecule has 0 atom stereocenters. The average molecular weight is 552 g/mol. The molecule has 0 bridgehead atoms. The highest BCUT2D eigenvalue weighted by Gasteiger charge is 2.17. The first-order chi connectivity index (χ1) is 18.1. The van der Waals surface area contributed by atoms with Crippen LogP contribution in [0.4, 0.5) is 17.1 Å². The van der Waals surface area contributed by atoms with Crippen molar-refractivity contribution in [3.8, 4) is 5.75 Å². The zero-order valence-electron chi connectivity index (χ0n) is 20.5. The first-order valence-corrected chi connectivity index (χ1v) is 14.3. The van der Waals surface area contributed by atoms with E-state index in [9.17, 15) is 21.6 Å². The molecule has 196 valence electrons. The van der Waals surface area contributed by atoms with E-state index >= 15 is 0 Å². The maximum atomic E-state index is 12.8. The van der Waals surface area contributed by atoms with Crippen LogP contribution < -0.4 is 19.5 Å². The van der Waals surface area contributed by atoms with Gasteiger partial charge >= 0.3 is 0 Å². The molecule has 0 aromatic heterocycles. The molecule has 1 amide bonds. The van der Waals surface area contributed by atoms with Crippen LogP contribution in [0.3, 0.4) is 0 Å². The number of benzene rings is 4. The molecule has 4 aromatic carbocycles. The predicted molar refractivity (Wildman–Crippen MR) is 147 cm³/mol.